The summed E-state index contributed by atoms with van der Waals surface area (Å²) in [5.74, 6) is -0.128. The van der Waals surface area contributed by atoms with Crippen molar-refractivity contribution < 1.29 is 23.1 Å². The van der Waals surface area contributed by atoms with Crippen LogP contribution >= 0.6 is 0 Å². The van der Waals surface area contributed by atoms with E-state index in [2.05, 4.69) is 15.2 Å². The Morgan fingerprint density at radius 3 is 2.63 bits per heavy atom. The van der Waals surface area contributed by atoms with E-state index in [0.717, 1.165) is 16.8 Å². The third-order valence-electron chi connectivity index (χ3n) is 3.79. The summed E-state index contributed by atoms with van der Waals surface area (Å²) in [6.45, 7) is 2.77. The van der Waals surface area contributed by atoms with Gasteiger partial charge in [0.05, 0.1) is 6.21 Å². The van der Waals surface area contributed by atoms with Gasteiger partial charge in [-0.25, -0.2) is 0 Å². The fourth-order valence-corrected chi connectivity index (χ4v) is 2.50. The Morgan fingerprint density at radius 2 is 1.93 bits per heavy atom. The normalized spacial score (nSPS) is 11.2. The van der Waals surface area contributed by atoms with Gasteiger partial charge in [-0.05, 0) is 36.1 Å². The van der Waals surface area contributed by atoms with Crippen LogP contribution in [0.2, 0.25) is 0 Å². The zero-order chi connectivity index (χ0) is 19.8. The summed E-state index contributed by atoms with van der Waals surface area (Å²) >= 11 is 0. The molecule has 0 aliphatic heterocycles. The van der Waals surface area contributed by atoms with Gasteiger partial charge in [0.15, 0.2) is 6.61 Å². The Balaban J connectivity index is 1.95. The van der Waals surface area contributed by atoms with E-state index in [9.17, 15) is 13.6 Å². The lowest BCUT2D eigenvalue weighted by molar-refractivity contribution is -0.120. The predicted molar refractivity (Wildman–Crippen MR) is 101 cm³/mol. The molecule has 5 nitrogen and oxygen atoms in total. The largest absolute Gasteiger partial charge is 0.434 e. The van der Waals surface area contributed by atoms with E-state index in [0.29, 0.717) is 5.56 Å². The minimum Gasteiger partial charge on any atom is -0.434 e. The fourth-order valence-electron chi connectivity index (χ4n) is 2.50. The quantitative estimate of drug-likeness (QED) is 0.536. The number of oxime groups is 1. The van der Waals surface area contributed by atoms with E-state index < -0.39 is 6.61 Å². The zero-order valence-electron chi connectivity index (χ0n) is 15.4. The van der Waals surface area contributed by atoms with Crippen molar-refractivity contribution in [2.75, 3.05) is 11.9 Å². The number of carbonyl (C=O) groups is 1. The lowest BCUT2D eigenvalue weighted by atomic mass is 9.98. The molecule has 0 bridgehead atoms. The number of para-hydroxylation sites is 2. The molecule has 0 unspecified atom stereocenters. The van der Waals surface area contributed by atoms with Gasteiger partial charge in [0.25, 0.3) is 5.91 Å². The number of benzene rings is 2. The third-order valence-corrected chi connectivity index (χ3v) is 3.79. The average molecular weight is 376 g/mol. The smallest absolute Gasteiger partial charge is 0.387 e. The molecule has 27 heavy (non-hydrogen) atoms. The van der Waals surface area contributed by atoms with Crippen LogP contribution in [0.15, 0.2) is 47.6 Å². The van der Waals surface area contributed by atoms with E-state index >= 15 is 0 Å². The van der Waals surface area contributed by atoms with E-state index in [-0.39, 0.29) is 24.2 Å². The Kier molecular flexibility index (Phi) is 7.28. The summed E-state index contributed by atoms with van der Waals surface area (Å²) in [4.78, 5) is 17.1. The van der Waals surface area contributed by atoms with Gasteiger partial charge in [-0.1, -0.05) is 49.3 Å². The molecule has 1 amide bonds. The van der Waals surface area contributed by atoms with Gasteiger partial charge in [0.2, 0.25) is 0 Å². The Morgan fingerprint density at radius 1 is 1.19 bits per heavy atom. The highest BCUT2D eigenvalue weighted by atomic mass is 19.3. The number of carbonyl (C=O) groups excluding carboxylic acids is 1. The van der Waals surface area contributed by atoms with Gasteiger partial charge < -0.3 is 14.9 Å². The molecule has 2 aromatic carbocycles. The number of anilines is 1. The number of hydrogen-bond acceptors (Lipinski definition) is 4. The van der Waals surface area contributed by atoms with Crippen molar-refractivity contribution in [3.8, 4) is 5.75 Å². The standard InChI is InChI=1S/C20H22F2N2O3/c1-13(2)16-9-6-7-14(3)19(16)24-18(25)12-26-23-11-15-8-4-5-10-17(15)27-20(21)22/h4-11,13,20H,12H2,1-3H3,(H,24,25)/b23-11-. The topological polar surface area (TPSA) is 59.9 Å². The Labute approximate surface area is 157 Å². The summed E-state index contributed by atoms with van der Waals surface area (Å²) in [5, 5.41) is 6.50. The summed E-state index contributed by atoms with van der Waals surface area (Å²) in [6, 6.07) is 12.0. The number of nitrogens with one attached hydrogen (secondary N) is 1. The van der Waals surface area contributed by atoms with Crippen molar-refractivity contribution in [2.45, 2.75) is 33.3 Å². The maximum absolute atomic E-state index is 12.4. The van der Waals surface area contributed by atoms with Crippen molar-refractivity contribution in [1.29, 1.82) is 0 Å². The van der Waals surface area contributed by atoms with Crippen LogP contribution in [0.3, 0.4) is 0 Å². The highest BCUT2D eigenvalue weighted by molar-refractivity contribution is 5.93. The number of halogens is 2. The van der Waals surface area contributed by atoms with Crippen molar-refractivity contribution in [3.63, 3.8) is 0 Å². The van der Waals surface area contributed by atoms with E-state index in [1.165, 1.54) is 12.3 Å². The van der Waals surface area contributed by atoms with E-state index in [1.807, 2.05) is 39.0 Å². The summed E-state index contributed by atoms with van der Waals surface area (Å²) < 4.78 is 29.1. The van der Waals surface area contributed by atoms with Crippen molar-refractivity contribution in [3.05, 3.63) is 59.2 Å². The number of aryl methyl sites for hydroxylation is 1. The number of nitrogens with zero attached hydrogens (tertiary/aromatic N) is 1. The van der Waals surface area contributed by atoms with Crippen molar-refractivity contribution >= 4 is 17.8 Å². The van der Waals surface area contributed by atoms with Crippen LogP contribution in [-0.2, 0) is 9.63 Å². The molecule has 0 aromatic heterocycles. The van der Waals surface area contributed by atoms with Crippen LogP contribution in [0.25, 0.3) is 0 Å². The van der Waals surface area contributed by atoms with Crippen LogP contribution in [0.5, 0.6) is 5.75 Å². The van der Waals surface area contributed by atoms with Crippen molar-refractivity contribution in [2.24, 2.45) is 5.16 Å². The van der Waals surface area contributed by atoms with Gasteiger partial charge in [-0.3, -0.25) is 4.79 Å². The molecule has 0 heterocycles. The van der Waals surface area contributed by atoms with Crippen LogP contribution in [0.4, 0.5) is 14.5 Å². The van der Waals surface area contributed by atoms with Crippen molar-refractivity contribution in [1.82, 2.24) is 0 Å². The van der Waals surface area contributed by atoms with E-state index in [4.69, 9.17) is 4.84 Å². The highest BCUT2D eigenvalue weighted by Crippen LogP contribution is 2.27. The van der Waals surface area contributed by atoms with E-state index in [1.54, 1.807) is 18.2 Å². The van der Waals surface area contributed by atoms with Crippen LogP contribution in [0.1, 0.15) is 36.5 Å². The second kappa shape index (κ2) is 9.66. The Hall–Kier alpha value is -2.96. The first-order valence-corrected chi connectivity index (χ1v) is 8.47. The zero-order valence-corrected chi connectivity index (χ0v) is 15.4. The number of ether oxygens (including phenoxy) is 1. The SMILES string of the molecule is Cc1cccc(C(C)C)c1NC(=O)CO/N=C\c1ccccc1OC(F)F. The molecular weight excluding hydrogens is 354 g/mol. The molecule has 0 radical (unpaired) electrons. The summed E-state index contributed by atoms with van der Waals surface area (Å²) in [7, 11) is 0. The molecule has 0 aliphatic carbocycles. The number of amides is 1. The van der Waals surface area contributed by atoms with Gasteiger partial charge >= 0.3 is 6.61 Å². The van der Waals surface area contributed by atoms with Crippen LogP contribution in [0, 0.1) is 6.92 Å². The first-order valence-electron chi connectivity index (χ1n) is 8.47. The molecule has 0 fully saturated rings. The second-order valence-electron chi connectivity index (χ2n) is 6.17. The lowest BCUT2D eigenvalue weighted by Gasteiger charge is -2.16. The lowest BCUT2D eigenvalue weighted by Crippen LogP contribution is -2.19. The van der Waals surface area contributed by atoms with Crippen LogP contribution < -0.4 is 10.1 Å². The predicted octanol–water partition coefficient (Wildman–Crippen LogP) is 4.71. The monoisotopic (exact) mass is 376 g/mol. The van der Waals surface area contributed by atoms with Gasteiger partial charge in [-0.2, -0.15) is 8.78 Å². The summed E-state index contributed by atoms with van der Waals surface area (Å²) in [6.07, 6.45) is 1.22. The molecule has 144 valence electrons. The molecule has 0 atom stereocenters. The fraction of sp³-hybridized carbons (Fsp3) is 0.300. The highest BCUT2D eigenvalue weighted by Gasteiger charge is 2.12. The average Bonchev–Trinajstić information content (AvgIpc) is 2.61. The maximum atomic E-state index is 12.4. The molecule has 0 spiro atoms. The molecule has 1 N–H and O–H groups in total. The minimum atomic E-state index is -2.93. The molecule has 0 saturated heterocycles. The number of rotatable bonds is 8. The summed E-state index contributed by atoms with van der Waals surface area (Å²) in [5.41, 5.74) is 3.07. The second-order valence-corrected chi connectivity index (χ2v) is 6.17. The van der Waals surface area contributed by atoms with Gasteiger partial charge in [-0.15, -0.1) is 0 Å². The maximum Gasteiger partial charge on any atom is 0.387 e. The third kappa shape index (κ3) is 6.06. The number of hydrogen-bond donors (Lipinski definition) is 1. The molecule has 2 rings (SSSR count). The molecular formula is C20H22F2N2O3. The van der Waals surface area contributed by atoms with Crippen LogP contribution in [-0.4, -0.2) is 25.3 Å². The first-order chi connectivity index (χ1) is 12.9. The molecule has 7 heteroatoms. The minimum absolute atomic E-state index is 0.0224. The molecule has 2 aromatic rings. The number of alkyl halides is 2. The molecule has 0 saturated carbocycles. The first kappa shape index (κ1) is 20.4. The van der Waals surface area contributed by atoms with Gasteiger partial charge in [0, 0.05) is 11.3 Å². The molecule has 0 aliphatic rings. The Bertz CT molecular complexity index is 808. The van der Waals surface area contributed by atoms with Gasteiger partial charge in [0.1, 0.15) is 5.75 Å².